The molecule has 0 N–H and O–H groups in total. The molecule has 0 fully saturated rings. The summed E-state index contributed by atoms with van der Waals surface area (Å²) in [6, 6.07) is 5.65. The number of hydrogen-bond acceptors (Lipinski definition) is 3. The maximum atomic E-state index is 11.5. The van der Waals surface area contributed by atoms with Crippen molar-refractivity contribution in [2.45, 2.75) is 26.7 Å². The number of ketones is 1. The lowest BCUT2D eigenvalue weighted by Gasteiger charge is -2.11. The lowest BCUT2D eigenvalue weighted by Crippen LogP contribution is -2.13. The van der Waals surface area contributed by atoms with Gasteiger partial charge in [0.2, 0.25) is 0 Å². The van der Waals surface area contributed by atoms with E-state index < -0.39 is 0 Å². The predicted molar refractivity (Wildman–Crippen MR) is 70.9 cm³/mol. The molecular formula is C14H17ClO3. The summed E-state index contributed by atoms with van der Waals surface area (Å²) in [6.07, 6.45) is 0.464. The molecule has 0 aliphatic carbocycles. The fraction of sp³-hybridized carbons (Fsp3) is 0.429. The molecular weight excluding hydrogens is 252 g/mol. The molecule has 0 bridgehead atoms. The van der Waals surface area contributed by atoms with Crippen molar-refractivity contribution in [3.63, 3.8) is 0 Å². The molecule has 1 rings (SSSR count). The summed E-state index contributed by atoms with van der Waals surface area (Å²) in [5.41, 5.74) is 2.71. The Morgan fingerprint density at radius 2 is 2.00 bits per heavy atom. The van der Waals surface area contributed by atoms with Gasteiger partial charge in [0.15, 0.2) is 5.78 Å². The third-order valence-electron chi connectivity index (χ3n) is 2.67. The van der Waals surface area contributed by atoms with Crippen LogP contribution in [0.3, 0.4) is 0 Å². The summed E-state index contributed by atoms with van der Waals surface area (Å²) < 4.78 is 4.94. The number of aryl methyl sites for hydroxylation is 1. The SMILES string of the molecule is CCOC(=O)Cc1c(C)cccc1CC(=O)CCl. The van der Waals surface area contributed by atoms with Crippen LogP contribution in [0.1, 0.15) is 23.6 Å². The van der Waals surface area contributed by atoms with Gasteiger partial charge in [-0.25, -0.2) is 0 Å². The minimum absolute atomic E-state index is 0.00715. The van der Waals surface area contributed by atoms with Crippen LogP contribution in [0.4, 0.5) is 0 Å². The lowest BCUT2D eigenvalue weighted by molar-refractivity contribution is -0.142. The standard InChI is InChI=1S/C14H17ClO3/c1-3-18-14(17)8-13-10(2)5-4-6-11(13)7-12(16)9-15/h4-6H,3,7-9H2,1-2H3. The van der Waals surface area contributed by atoms with E-state index in [4.69, 9.17) is 16.3 Å². The second-order valence-electron chi connectivity index (χ2n) is 4.04. The Hall–Kier alpha value is -1.35. The molecule has 3 nitrogen and oxygen atoms in total. The maximum Gasteiger partial charge on any atom is 0.310 e. The molecule has 0 aliphatic heterocycles. The first-order chi connectivity index (χ1) is 8.58. The maximum absolute atomic E-state index is 11.5. The molecule has 0 aromatic heterocycles. The van der Waals surface area contributed by atoms with E-state index >= 15 is 0 Å². The highest BCUT2D eigenvalue weighted by Crippen LogP contribution is 2.17. The van der Waals surface area contributed by atoms with Crippen molar-refractivity contribution >= 4 is 23.4 Å². The van der Waals surface area contributed by atoms with Crippen LogP contribution in [0, 0.1) is 6.92 Å². The van der Waals surface area contributed by atoms with Crippen molar-refractivity contribution in [3.8, 4) is 0 Å². The quantitative estimate of drug-likeness (QED) is 0.588. The zero-order valence-corrected chi connectivity index (χ0v) is 11.4. The Kier molecular flexibility index (Phi) is 5.86. The molecule has 0 atom stereocenters. The van der Waals surface area contributed by atoms with Gasteiger partial charge in [-0.3, -0.25) is 9.59 Å². The fourth-order valence-electron chi connectivity index (χ4n) is 1.80. The highest BCUT2D eigenvalue weighted by atomic mass is 35.5. The Bertz CT molecular complexity index is 441. The van der Waals surface area contributed by atoms with E-state index in [2.05, 4.69) is 0 Å². The lowest BCUT2D eigenvalue weighted by atomic mass is 9.96. The van der Waals surface area contributed by atoms with Crippen molar-refractivity contribution in [1.29, 1.82) is 0 Å². The number of carbonyl (C=O) groups excluding carboxylic acids is 2. The number of carbonyl (C=O) groups is 2. The number of ether oxygens (including phenoxy) is 1. The summed E-state index contributed by atoms with van der Waals surface area (Å²) >= 11 is 5.51. The minimum Gasteiger partial charge on any atom is -0.466 e. The molecule has 0 spiro atoms. The van der Waals surface area contributed by atoms with Crippen LogP contribution in [0.25, 0.3) is 0 Å². The minimum atomic E-state index is -0.272. The Labute approximate surface area is 112 Å². The first-order valence-corrected chi connectivity index (χ1v) is 6.42. The molecule has 0 saturated carbocycles. The molecule has 4 heteroatoms. The number of halogens is 1. The van der Waals surface area contributed by atoms with Crippen molar-refractivity contribution < 1.29 is 14.3 Å². The number of rotatable bonds is 6. The van der Waals surface area contributed by atoms with Gasteiger partial charge < -0.3 is 4.74 Å². The van der Waals surface area contributed by atoms with Crippen molar-refractivity contribution in [1.82, 2.24) is 0 Å². The number of benzene rings is 1. The van der Waals surface area contributed by atoms with Gasteiger partial charge in [0.05, 0.1) is 18.9 Å². The molecule has 1 aromatic carbocycles. The number of Topliss-reactive ketones (excluding diaryl/α,β-unsaturated/α-hetero) is 1. The Balaban J connectivity index is 2.93. The van der Waals surface area contributed by atoms with Gasteiger partial charge >= 0.3 is 5.97 Å². The average Bonchev–Trinajstić information content (AvgIpc) is 2.33. The van der Waals surface area contributed by atoms with Gasteiger partial charge in [-0.1, -0.05) is 18.2 Å². The normalized spacial score (nSPS) is 10.2. The van der Waals surface area contributed by atoms with E-state index in [1.807, 2.05) is 25.1 Å². The first kappa shape index (κ1) is 14.7. The first-order valence-electron chi connectivity index (χ1n) is 5.89. The van der Waals surface area contributed by atoms with Crippen LogP contribution < -0.4 is 0 Å². The zero-order chi connectivity index (χ0) is 13.5. The molecule has 0 radical (unpaired) electrons. The largest absolute Gasteiger partial charge is 0.466 e. The molecule has 0 aliphatic rings. The smallest absolute Gasteiger partial charge is 0.310 e. The van der Waals surface area contributed by atoms with Crippen LogP contribution in [-0.2, 0) is 27.2 Å². The molecule has 98 valence electrons. The van der Waals surface area contributed by atoms with Gasteiger partial charge in [0.1, 0.15) is 0 Å². The number of esters is 1. The topological polar surface area (TPSA) is 43.4 Å². The molecule has 1 aromatic rings. The summed E-state index contributed by atoms with van der Waals surface area (Å²) in [6.45, 7) is 4.05. The summed E-state index contributed by atoms with van der Waals surface area (Å²) in [5.74, 6) is -0.328. The second-order valence-corrected chi connectivity index (χ2v) is 4.31. The van der Waals surface area contributed by atoms with Crippen LogP contribution in [0.15, 0.2) is 18.2 Å². The van der Waals surface area contributed by atoms with Crippen LogP contribution in [-0.4, -0.2) is 24.2 Å². The number of hydrogen-bond donors (Lipinski definition) is 0. The van der Waals surface area contributed by atoms with Gasteiger partial charge in [-0.05, 0) is 30.5 Å². The van der Waals surface area contributed by atoms with Crippen LogP contribution in [0.2, 0.25) is 0 Å². The van der Waals surface area contributed by atoms with Gasteiger partial charge in [0, 0.05) is 6.42 Å². The summed E-state index contributed by atoms with van der Waals surface area (Å²) in [5, 5.41) is 0. The van der Waals surface area contributed by atoms with E-state index in [9.17, 15) is 9.59 Å². The molecule has 0 unspecified atom stereocenters. The van der Waals surface area contributed by atoms with E-state index in [0.717, 1.165) is 16.7 Å². The van der Waals surface area contributed by atoms with Crippen molar-refractivity contribution in [2.75, 3.05) is 12.5 Å². The van der Waals surface area contributed by atoms with Gasteiger partial charge in [0.25, 0.3) is 0 Å². The Morgan fingerprint density at radius 1 is 1.28 bits per heavy atom. The second kappa shape index (κ2) is 7.17. The molecule has 0 amide bonds. The molecule has 0 heterocycles. The van der Waals surface area contributed by atoms with E-state index in [-0.39, 0.29) is 30.5 Å². The summed E-state index contributed by atoms with van der Waals surface area (Å²) in [7, 11) is 0. The predicted octanol–water partition coefficient (Wildman–Crippen LogP) is 2.45. The third kappa shape index (κ3) is 4.15. The fourth-order valence-corrected chi connectivity index (χ4v) is 1.89. The zero-order valence-electron chi connectivity index (χ0n) is 10.7. The van der Waals surface area contributed by atoms with E-state index in [1.165, 1.54) is 0 Å². The van der Waals surface area contributed by atoms with Gasteiger partial charge in [-0.15, -0.1) is 11.6 Å². The van der Waals surface area contributed by atoms with Gasteiger partial charge in [-0.2, -0.15) is 0 Å². The monoisotopic (exact) mass is 268 g/mol. The van der Waals surface area contributed by atoms with Crippen molar-refractivity contribution in [2.24, 2.45) is 0 Å². The van der Waals surface area contributed by atoms with Crippen LogP contribution in [0.5, 0.6) is 0 Å². The van der Waals surface area contributed by atoms with E-state index in [1.54, 1.807) is 6.92 Å². The van der Waals surface area contributed by atoms with E-state index in [0.29, 0.717) is 6.61 Å². The highest BCUT2D eigenvalue weighted by molar-refractivity contribution is 6.27. The average molecular weight is 269 g/mol. The van der Waals surface area contributed by atoms with Crippen LogP contribution >= 0.6 is 11.6 Å². The summed E-state index contributed by atoms with van der Waals surface area (Å²) in [4.78, 5) is 22.9. The number of alkyl halides is 1. The molecule has 18 heavy (non-hydrogen) atoms. The third-order valence-corrected chi connectivity index (χ3v) is 2.97. The van der Waals surface area contributed by atoms with Crippen molar-refractivity contribution in [3.05, 3.63) is 34.9 Å². The Morgan fingerprint density at radius 3 is 2.61 bits per heavy atom. The molecule has 0 saturated heterocycles. The highest BCUT2D eigenvalue weighted by Gasteiger charge is 2.13.